The van der Waals surface area contributed by atoms with Crippen molar-refractivity contribution in [2.75, 3.05) is 25.5 Å². The number of hydrogen-bond donors (Lipinski definition) is 2. The molecule has 0 bridgehead atoms. The number of aliphatic hydroxyl groups is 1. The van der Waals surface area contributed by atoms with Gasteiger partial charge in [0.2, 0.25) is 10.0 Å². The first-order chi connectivity index (χ1) is 8.99. The van der Waals surface area contributed by atoms with Gasteiger partial charge >= 0.3 is 0 Å². The fourth-order valence-corrected chi connectivity index (χ4v) is 2.95. The topological polar surface area (TPSA) is 88.5 Å². The van der Waals surface area contributed by atoms with Crippen molar-refractivity contribution < 1.29 is 18.3 Å². The molecule has 0 aliphatic carbocycles. The van der Waals surface area contributed by atoms with Gasteiger partial charge in [0.15, 0.2) is 0 Å². The van der Waals surface area contributed by atoms with E-state index in [0.717, 1.165) is 5.69 Å². The molecule has 1 aromatic rings. The molecule has 2 heterocycles. The Bertz CT molecular complexity index is 498. The highest BCUT2D eigenvalue weighted by molar-refractivity contribution is 7.89. The molecule has 0 radical (unpaired) electrons. The average molecular weight is 286 g/mol. The third-order valence-electron chi connectivity index (χ3n) is 3.06. The smallest absolute Gasteiger partial charge is 0.212 e. The van der Waals surface area contributed by atoms with E-state index in [1.54, 1.807) is 18.3 Å². The molecule has 1 aliphatic heterocycles. The minimum absolute atomic E-state index is 0.00243. The predicted octanol–water partition coefficient (Wildman–Crippen LogP) is -0.305. The zero-order valence-electron chi connectivity index (χ0n) is 10.6. The molecule has 106 valence electrons. The quantitative estimate of drug-likeness (QED) is 0.749. The predicted molar refractivity (Wildman–Crippen MR) is 70.1 cm³/mol. The number of rotatable bonds is 6. The van der Waals surface area contributed by atoms with Crippen molar-refractivity contribution in [3.8, 4) is 0 Å². The summed E-state index contributed by atoms with van der Waals surface area (Å²) in [5.74, 6) is -0.0407. The molecule has 7 heteroatoms. The van der Waals surface area contributed by atoms with E-state index >= 15 is 0 Å². The van der Waals surface area contributed by atoms with E-state index in [0.29, 0.717) is 19.4 Å². The van der Waals surface area contributed by atoms with E-state index in [9.17, 15) is 13.5 Å². The van der Waals surface area contributed by atoms with Crippen LogP contribution < -0.4 is 4.72 Å². The number of nitrogens with zero attached hydrogens (tertiary/aromatic N) is 1. The Labute approximate surface area is 112 Å². The van der Waals surface area contributed by atoms with Crippen LogP contribution >= 0.6 is 0 Å². The van der Waals surface area contributed by atoms with E-state index in [1.807, 2.05) is 6.07 Å². The largest absolute Gasteiger partial charge is 0.386 e. The molecule has 0 aromatic carbocycles. The van der Waals surface area contributed by atoms with Crippen LogP contribution in [0, 0.1) is 0 Å². The molecule has 1 fully saturated rings. The van der Waals surface area contributed by atoms with Crippen molar-refractivity contribution in [3.05, 3.63) is 30.1 Å². The number of sulfonamides is 1. The summed E-state index contributed by atoms with van der Waals surface area (Å²) in [5.41, 5.74) is -0.339. The van der Waals surface area contributed by atoms with Crippen LogP contribution in [0.1, 0.15) is 12.1 Å². The molecule has 2 N–H and O–H groups in total. The van der Waals surface area contributed by atoms with Gasteiger partial charge in [-0.2, -0.15) is 0 Å². The third-order valence-corrected chi connectivity index (χ3v) is 4.38. The lowest BCUT2D eigenvalue weighted by molar-refractivity contribution is 0.0314. The summed E-state index contributed by atoms with van der Waals surface area (Å²) in [5, 5.41) is 9.98. The van der Waals surface area contributed by atoms with Gasteiger partial charge in [0, 0.05) is 37.9 Å². The van der Waals surface area contributed by atoms with Crippen molar-refractivity contribution in [1.82, 2.24) is 9.71 Å². The Hall–Kier alpha value is -1.02. The van der Waals surface area contributed by atoms with Crippen LogP contribution in [0.25, 0.3) is 0 Å². The molecule has 1 saturated heterocycles. The Morgan fingerprint density at radius 1 is 1.47 bits per heavy atom. The maximum Gasteiger partial charge on any atom is 0.212 e. The maximum absolute atomic E-state index is 11.8. The molecule has 0 amide bonds. The maximum atomic E-state index is 11.8. The molecule has 1 atom stereocenters. The van der Waals surface area contributed by atoms with Crippen molar-refractivity contribution >= 4 is 10.0 Å². The van der Waals surface area contributed by atoms with Crippen molar-refractivity contribution in [3.63, 3.8) is 0 Å². The van der Waals surface area contributed by atoms with E-state index < -0.39 is 15.6 Å². The second-order valence-electron chi connectivity index (χ2n) is 4.74. The van der Waals surface area contributed by atoms with Crippen LogP contribution in [0.4, 0.5) is 0 Å². The molecule has 6 nitrogen and oxygen atoms in total. The lowest BCUT2D eigenvalue weighted by Gasteiger charge is -2.20. The normalized spacial score (nSPS) is 23.6. The van der Waals surface area contributed by atoms with E-state index in [4.69, 9.17) is 4.74 Å². The van der Waals surface area contributed by atoms with E-state index in [1.165, 1.54) is 0 Å². The molecule has 1 aliphatic rings. The monoisotopic (exact) mass is 286 g/mol. The SMILES string of the molecule is O=S(=O)(CCc1ccccn1)NCC1(O)CCOC1. The summed E-state index contributed by atoms with van der Waals surface area (Å²) in [7, 11) is -3.41. The number of ether oxygens (including phenoxy) is 1. The van der Waals surface area contributed by atoms with Crippen molar-refractivity contribution in [2.45, 2.75) is 18.4 Å². The van der Waals surface area contributed by atoms with E-state index in [2.05, 4.69) is 9.71 Å². The molecule has 19 heavy (non-hydrogen) atoms. The lowest BCUT2D eigenvalue weighted by Crippen LogP contribution is -2.44. The summed E-state index contributed by atoms with van der Waals surface area (Å²) >= 11 is 0. The molecule has 1 unspecified atom stereocenters. The lowest BCUT2D eigenvalue weighted by atomic mass is 10.1. The summed E-state index contributed by atoms with van der Waals surface area (Å²) in [6.45, 7) is 0.638. The molecule has 2 rings (SSSR count). The van der Waals surface area contributed by atoms with Crippen LogP contribution in [-0.2, 0) is 21.2 Å². The van der Waals surface area contributed by atoms with Crippen LogP contribution in [0.5, 0.6) is 0 Å². The van der Waals surface area contributed by atoms with Gasteiger partial charge in [-0.1, -0.05) is 6.07 Å². The first kappa shape index (κ1) is 14.4. The Kier molecular flexibility index (Phi) is 4.51. The Balaban J connectivity index is 1.82. The zero-order chi connectivity index (χ0) is 13.8. The standard InChI is InChI=1S/C12H18N2O4S/c15-12(5-7-18-10-12)9-14-19(16,17)8-4-11-3-1-2-6-13-11/h1-3,6,14-15H,4-5,7-10H2. The molecule has 1 aromatic heterocycles. The van der Waals surface area contributed by atoms with Crippen molar-refractivity contribution in [2.24, 2.45) is 0 Å². The minimum Gasteiger partial charge on any atom is -0.386 e. The highest BCUT2D eigenvalue weighted by Gasteiger charge is 2.33. The second-order valence-corrected chi connectivity index (χ2v) is 6.66. The fourth-order valence-electron chi connectivity index (χ4n) is 1.84. The summed E-state index contributed by atoms with van der Waals surface area (Å²) < 4.78 is 31.1. The van der Waals surface area contributed by atoms with Gasteiger partial charge in [-0.05, 0) is 12.1 Å². The third kappa shape index (κ3) is 4.54. The fraction of sp³-hybridized carbons (Fsp3) is 0.583. The van der Waals surface area contributed by atoms with Gasteiger partial charge < -0.3 is 9.84 Å². The number of aryl methyl sites for hydroxylation is 1. The Morgan fingerprint density at radius 3 is 2.95 bits per heavy atom. The van der Waals surface area contributed by atoms with Gasteiger partial charge in [0.1, 0.15) is 5.60 Å². The van der Waals surface area contributed by atoms with Gasteiger partial charge in [-0.15, -0.1) is 0 Å². The second kappa shape index (κ2) is 5.96. The van der Waals surface area contributed by atoms with Crippen LogP contribution in [0.15, 0.2) is 24.4 Å². The summed E-state index contributed by atoms with van der Waals surface area (Å²) in [4.78, 5) is 4.07. The minimum atomic E-state index is -3.41. The first-order valence-corrected chi connectivity index (χ1v) is 7.82. The molecular formula is C12H18N2O4S. The average Bonchev–Trinajstić information content (AvgIpc) is 2.84. The van der Waals surface area contributed by atoms with E-state index in [-0.39, 0.29) is 18.9 Å². The number of hydrogen-bond acceptors (Lipinski definition) is 5. The summed E-state index contributed by atoms with van der Waals surface area (Å²) in [6, 6.07) is 5.39. The van der Waals surface area contributed by atoms with Gasteiger partial charge in [0.25, 0.3) is 0 Å². The highest BCUT2D eigenvalue weighted by Crippen LogP contribution is 2.17. The first-order valence-electron chi connectivity index (χ1n) is 6.17. The molecule has 0 spiro atoms. The summed E-state index contributed by atoms with van der Waals surface area (Å²) in [6.07, 6.45) is 2.44. The number of aromatic nitrogens is 1. The number of pyridine rings is 1. The van der Waals surface area contributed by atoms with Gasteiger partial charge in [-0.25, -0.2) is 13.1 Å². The van der Waals surface area contributed by atoms with Gasteiger partial charge in [0.05, 0.1) is 12.4 Å². The highest BCUT2D eigenvalue weighted by atomic mass is 32.2. The Morgan fingerprint density at radius 2 is 2.32 bits per heavy atom. The number of nitrogens with one attached hydrogen (secondary N) is 1. The van der Waals surface area contributed by atoms with Crippen LogP contribution in [0.2, 0.25) is 0 Å². The molecular weight excluding hydrogens is 268 g/mol. The van der Waals surface area contributed by atoms with Crippen molar-refractivity contribution in [1.29, 1.82) is 0 Å². The zero-order valence-corrected chi connectivity index (χ0v) is 11.4. The molecule has 0 saturated carbocycles. The van der Waals surface area contributed by atoms with Crippen LogP contribution in [0.3, 0.4) is 0 Å². The van der Waals surface area contributed by atoms with Gasteiger partial charge in [-0.3, -0.25) is 4.98 Å². The van der Waals surface area contributed by atoms with Crippen LogP contribution in [-0.4, -0.2) is 49.6 Å².